The fourth-order valence-corrected chi connectivity index (χ4v) is 1.91. The normalized spacial score (nSPS) is 12.8. The lowest BCUT2D eigenvalue weighted by Crippen LogP contribution is -2.07. The van der Waals surface area contributed by atoms with Crippen LogP contribution in [-0.4, -0.2) is 7.11 Å². The number of hydrogen-bond acceptors (Lipinski definition) is 3. The number of ether oxygens (including phenoxy) is 3. The molecule has 20 heavy (non-hydrogen) atoms. The van der Waals surface area contributed by atoms with Crippen molar-refractivity contribution in [1.29, 1.82) is 0 Å². The first-order chi connectivity index (χ1) is 9.49. The predicted molar refractivity (Wildman–Crippen MR) is 64.6 cm³/mol. The lowest BCUT2D eigenvalue weighted by molar-refractivity contribution is -0.137. The first-order valence-electron chi connectivity index (χ1n) is 5.73. The zero-order valence-corrected chi connectivity index (χ0v) is 10.3. The van der Waals surface area contributed by atoms with Crippen LogP contribution in [0.3, 0.4) is 0 Å². The van der Waals surface area contributed by atoms with Gasteiger partial charge in [-0.1, -0.05) is 6.07 Å². The van der Waals surface area contributed by atoms with Gasteiger partial charge in [0.15, 0.2) is 23.0 Å². The van der Waals surface area contributed by atoms with Crippen molar-refractivity contribution in [2.45, 2.75) is 6.18 Å². The third kappa shape index (κ3) is 2.03. The molecule has 0 amide bonds. The molecule has 0 fully saturated rings. The predicted octanol–water partition coefficient (Wildman–Crippen LogP) is 4.61. The fourth-order valence-electron chi connectivity index (χ4n) is 1.91. The van der Waals surface area contributed by atoms with Gasteiger partial charge in [-0.15, -0.1) is 0 Å². The summed E-state index contributed by atoms with van der Waals surface area (Å²) in [4.78, 5) is 0. The summed E-state index contributed by atoms with van der Waals surface area (Å²) in [6.45, 7) is 0. The number of methoxy groups -OCH3 is 1. The van der Waals surface area contributed by atoms with Crippen molar-refractivity contribution in [2.75, 3.05) is 7.11 Å². The highest BCUT2D eigenvalue weighted by Crippen LogP contribution is 2.50. The number of halogens is 3. The third-order valence-corrected chi connectivity index (χ3v) is 2.87. The van der Waals surface area contributed by atoms with Gasteiger partial charge in [0.05, 0.1) is 12.7 Å². The molecular formula is C14H9F3O3. The van der Waals surface area contributed by atoms with Gasteiger partial charge in [0.25, 0.3) is 0 Å². The Balaban J connectivity index is 2.05. The van der Waals surface area contributed by atoms with Crippen LogP contribution in [0, 0.1) is 0 Å². The minimum absolute atomic E-state index is 0.0109. The van der Waals surface area contributed by atoms with Gasteiger partial charge >= 0.3 is 6.18 Å². The van der Waals surface area contributed by atoms with Crippen LogP contribution in [0.2, 0.25) is 0 Å². The molecule has 0 unspecified atom stereocenters. The van der Waals surface area contributed by atoms with Crippen LogP contribution in [0.15, 0.2) is 36.4 Å². The first-order valence-corrected chi connectivity index (χ1v) is 5.73. The van der Waals surface area contributed by atoms with E-state index in [1.54, 1.807) is 18.2 Å². The van der Waals surface area contributed by atoms with E-state index in [-0.39, 0.29) is 17.2 Å². The number of fused-ring (bicyclic) bond motifs is 2. The second-order valence-electron chi connectivity index (χ2n) is 4.15. The van der Waals surface area contributed by atoms with E-state index in [9.17, 15) is 13.2 Å². The lowest BCUT2D eigenvalue weighted by atomic mass is 10.1. The average molecular weight is 282 g/mol. The van der Waals surface area contributed by atoms with Crippen molar-refractivity contribution in [3.63, 3.8) is 0 Å². The van der Waals surface area contributed by atoms with Gasteiger partial charge in [0.1, 0.15) is 0 Å². The molecule has 0 spiro atoms. The van der Waals surface area contributed by atoms with E-state index < -0.39 is 11.7 Å². The summed E-state index contributed by atoms with van der Waals surface area (Å²) in [6.07, 6.45) is -4.43. The highest BCUT2D eigenvalue weighted by molar-refractivity contribution is 5.60. The Bertz CT molecular complexity index is 665. The van der Waals surface area contributed by atoms with E-state index in [1.807, 2.05) is 0 Å². The van der Waals surface area contributed by atoms with Crippen molar-refractivity contribution in [3.05, 3.63) is 42.0 Å². The van der Waals surface area contributed by atoms with Gasteiger partial charge < -0.3 is 14.2 Å². The van der Waals surface area contributed by atoms with Gasteiger partial charge in [0.2, 0.25) is 5.75 Å². The highest BCUT2D eigenvalue weighted by atomic mass is 19.4. The van der Waals surface area contributed by atoms with Gasteiger partial charge in [-0.25, -0.2) is 0 Å². The van der Waals surface area contributed by atoms with Crippen LogP contribution in [0.1, 0.15) is 5.56 Å². The van der Waals surface area contributed by atoms with Gasteiger partial charge in [0, 0.05) is 0 Å². The molecule has 6 heteroatoms. The van der Waals surface area contributed by atoms with Crippen LogP contribution in [-0.2, 0) is 6.18 Å². The van der Waals surface area contributed by atoms with E-state index in [2.05, 4.69) is 0 Å². The summed E-state index contributed by atoms with van der Waals surface area (Å²) in [5.74, 6) is 1.31. The molecule has 1 heterocycles. The summed E-state index contributed by atoms with van der Waals surface area (Å²) >= 11 is 0. The Labute approximate surface area is 112 Å². The molecule has 0 atom stereocenters. The molecular weight excluding hydrogens is 273 g/mol. The van der Waals surface area contributed by atoms with Gasteiger partial charge in [-0.2, -0.15) is 13.2 Å². The molecule has 0 bridgehead atoms. The Morgan fingerprint density at radius 1 is 0.950 bits per heavy atom. The molecule has 0 aromatic heterocycles. The van der Waals surface area contributed by atoms with E-state index in [1.165, 1.54) is 13.2 Å². The van der Waals surface area contributed by atoms with Crippen LogP contribution < -0.4 is 14.2 Å². The minimum atomic E-state index is -4.43. The molecule has 0 aliphatic carbocycles. The zero-order chi connectivity index (χ0) is 14.3. The van der Waals surface area contributed by atoms with Gasteiger partial charge in [-0.05, 0) is 30.3 Å². The van der Waals surface area contributed by atoms with Crippen LogP contribution >= 0.6 is 0 Å². The van der Waals surface area contributed by atoms with Gasteiger partial charge in [-0.3, -0.25) is 0 Å². The molecule has 0 saturated carbocycles. The Morgan fingerprint density at radius 2 is 1.75 bits per heavy atom. The van der Waals surface area contributed by atoms with Crippen molar-refractivity contribution < 1.29 is 27.4 Å². The summed E-state index contributed by atoms with van der Waals surface area (Å²) < 4.78 is 54.1. The summed E-state index contributed by atoms with van der Waals surface area (Å²) in [5.41, 5.74) is -0.793. The first kappa shape index (κ1) is 12.7. The standard InChI is InChI=1S/C14H9F3O3/c1-18-10-3-2-4-11-13(10)20-12-7-8(14(15,16)17)5-6-9(12)19-11/h2-7H,1H3. The third-order valence-electron chi connectivity index (χ3n) is 2.87. The number of benzene rings is 2. The lowest BCUT2D eigenvalue weighted by Gasteiger charge is -2.22. The summed E-state index contributed by atoms with van der Waals surface area (Å²) in [5, 5.41) is 0. The van der Waals surface area contributed by atoms with Crippen LogP contribution in [0.4, 0.5) is 13.2 Å². The molecule has 3 nitrogen and oxygen atoms in total. The van der Waals surface area contributed by atoms with E-state index >= 15 is 0 Å². The van der Waals surface area contributed by atoms with Crippen molar-refractivity contribution in [2.24, 2.45) is 0 Å². The maximum absolute atomic E-state index is 12.7. The maximum atomic E-state index is 12.7. The van der Waals surface area contributed by atoms with E-state index in [4.69, 9.17) is 14.2 Å². The highest BCUT2D eigenvalue weighted by Gasteiger charge is 2.33. The molecule has 0 saturated heterocycles. The van der Waals surface area contributed by atoms with E-state index in [0.29, 0.717) is 11.5 Å². The molecule has 3 rings (SSSR count). The molecule has 1 aliphatic heterocycles. The second-order valence-corrected chi connectivity index (χ2v) is 4.15. The fraction of sp³-hybridized carbons (Fsp3) is 0.143. The van der Waals surface area contributed by atoms with Crippen molar-refractivity contribution in [1.82, 2.24) is 0 Å². The molecule has 104 valence electrons. The summed E-state index contributed by atoms with van der Waals surface area (Å²) in [7, 11) is 1.45. The van der Waals surface area contributed by atoms with Crippen LogP contribution in [0.25, 0.3) is 0 Å². The molecule has 0 radical (unpaired) electrons. The Morgan fingerprint density at radius 3 is 2.45 bits per heavy atom. The number of rotatable bonds is 1. The monoisotopic (exact) mass is 282 g/mol. The number of para-hydroxylation sites is 1. The molecule has 2 aromatic rings. The topological polar surface area (TPSA) is 27.7 Å². The largest absolute Gasteiger partial charge is 0.493 e. The van der Waals surface area contributed by atoms with E-state index in [0.717, 1.165) is 12.1 Å². The Kier molecular flexibility index (Phi) is 2.74. The quantitative estimate of drug-likeness (QED) is 0.652. The maximum Gasteiger partial charge on any atom is 0.416 e. The Hall–Kier alpha value is -2.37. The van der Waals surface area contributed by atoms with Crippen molar-refractivity contribution >= 4 is 0 Å². The average Bonchev–Trinajstić information content (AvgIpc) is 2.42. The SMILES string of the molecule is COc1cccc2c1Oc1cc(C(F)(F)F)ccc1O2. The molecule has 2 aromatic carbocycles. The minimum Gasteiger partial charge on any atom is -0.493 e. The summed E-state index contributed by atoms with van der Waals surface area (Å²) in [6, 6.07) is 8.09. The second kappa shape index (κ2) is 4.33. The smallest absolute Gasteiger partial charge is 0.416 e. The molecule has 1 aliphatic rings. The zero-order valence-electron chi connectivity index (χ0n) is 10.3. The van der Waals surface area contributed by atoms with Crippen molar-refractivity contribution in [3.8, 4) is 28.7 Å². The molecule has 0 N–H and O–H groups in total. The number of hydrogen-bond donors (Lipinski definition) is 0. The van der Waals surface area contributed by atoms with Crippen LogP contribution in [0.5, 0.6) is 28.7 Å². The number of alkyl halides is 3.